The maximum absolute atomic E-state index is 14.6. The van der Waals surface area contributed by atoms with Gasteiger partial charge in [-0.05, 0) is 59.9 Å². The average Bonchev–Trinajstić information content (AvgIpc) is 2.77. The molecule has 0 bridgehead atoms. The minimum atomic E-state index is -0.972. The summed E-state index contributed by atoms with van der Waals surface area (Å²) in [6, 6.07) is 15.9. The highest BCUT2D eigenvalue weighted by molar-refractivity contribution is 6.32. The van der Waals surface area contributed by atoms with Crippen LogP contribution in [0.15, 0.2) is 54.6 Å². The lowest BCUT2D eigenvalue weighted by atomic mass is 9.93. The Balaban J connectivity index is 1.84. The average molecular weight is 469 g/mol. The normalized spacial score (nSPS) is 16.6. The molecule has 1 aliphatic heterocycles. The first-order chi connectivity index (χ1) is 15.7. The lowest BCUT2D eigenvalue weighted by Gasteiger charge is -2.39. The predicted molar refractivity (Wildman–Crippen MR) is 126 cm³/mol. The Morgan fingerprint density at radius 3 is 2.58 bits per heavy atom. The van der Waals surface area contributed by atoms with Crippen molar-refractivity contribution in [2.45, 2.75) is 46.0 Å². The largest absolute Gasteiger partial charge is 0.462 e. The maximum atomic E-state index is 14.6. The Hall–Kier alpha value is -2.89. The van der Waals surface area contributed by atoms with Crippen LogP contribution in [0.25, 0.3) is 11.1 Å². The van der Waals surface area contributed by atoms with Crippen LogP contribution in [0, 0.1) is 5.82 Å². The third kappa shape index (κ3) is 4.61. The summed E-state index contributed by atoms with van der Waals surface area (Å²) in [5.41, 5.74) is 3.76. The maximum Gasteiger partial charge on any atom is 0.338 e. The van der Waals surface area contributed by atoms with Crippen LogP contribution in [-0.2, 0) is 15.9 Å². The molecule has 4 nitrogen and oxygen atoms in total. The molecule has 0 N–H and O–H groups in total. The third-order valence-corrected chi connectivity index (χ3v) is 5.92. The molecule has 0 saturated heterocycles. The summed E-state index contributed by atoms with van der Waals surface area (Å²) in [6.07, 6.45) is -0.00156. The van der Waals surface area contributed by atoms with E-state index in [4.69, 9.17) is 25.8 Å². The van der Waals surface area contributed by atoms with Crippen molar-refractivity contribution in [1.82, 2.24) is 0 Å². The molecule has 0 fully saturated rings. The molecule has 0 amide bonds. The van der Waals surface area contributed by atoms with Crippen molar-refractivity contribution in [2.75, 3.05) is 6.61 Å². The van der Waals surface area contributed by atoms with E-state index in [0.717, 1.165) is 0 Å². The second-order valence-electron chi connectivity index (χ2n) is 8.34. The van der Waals surface area contributed by atoms with Gasteiger partial charge in [-0.15, -0.1) is 0 Å². The van der Waals surface area contributed by atoms with E-state index in [-0.39, 0.29) is 12.4 Å². The molecule has 33 heavy (non-hydrogen) atoms. The molecule has 6 heteroatoms. The summed E-state index contributed by atoms with van der Waals surface area (Å²) in [6.45, 7) is 7.55. The highest BCUT2D eigenvalue weighted by Gasteiger charge is 2.37. The van der Waals surface area contributed by atoms with Crippen molar-refractivity contribution in [2.24, 2.45) is 0 Å². The Labute approximate surface area is 198 Å². The van der Waals surface area contributed by atoms with Crippen molar-refractivity contribution in [3.63, 3.8) is 0 Å². The Bertz CT molecular complexity index is 1200. The summed E-state index contributed by atoms with van der Waals surface area (Å²) in [7, 11) is 0. The number of fused-ring (bicyclic) bond motifs is 1. The topological polar surface area (TPSA) is 44.8 Å². The number of hydrogen-bond acceptors (Lipinski definition) is 4. The van der Waals surface area contributed by atoms with Crippen molar-refractivity contribution in [3.8, 4) is 16.9 Å². The standard InChI is InChI=1S/C27H26ClFO4/c1-5-16-11-12-17(14-22(16)29)25-24-21(28)13-18(15-23(24)32-27(3,4)33-25)19-9-7-8-10-20(19)26(30)31-6-2/h7-15,25H,5-6H2,1-4H3. The highest BCUT2D eigenvalue weighted by atomic mass is 35.5. The minimum Gasteiger partial charge on any atom is -0.462 e. The van der Waals surface area contributed by atoms with E-state index in [9.17, 15) is 9.18 Å². The number of esters is 1. The number of ether oxygens (including phenoxy) is 3. The zero-order valence-corrected chi connectivity index (χ0v) is 19.8. The number of aryl methyl sites for hydroxylation is 1. The molecular formula is C27H26ClFO4. The highest BCUT2D eigenvalue weighted by Crippen LogP contribution is 2.47. The van der Waals surface area contributed by atoms with Crippen molar-refractivity contribution in [3.05, 3.63) is 87.7 Å². The molecule has 0 radical (unpaired) electrons. The number of rotatable bonds is 5. The number of carbonyl (C=O) groups is 1. The van der Waals surface area contributed by atoms with E-state index in [1.807, 2.05) is 31.2 Å². The van der Waals surface area contributed by atoms with Crippen LogP contribution in [0.3, 0.4) is 0 Å². The summed E-state index contributed by atoms with van der Waals surface area (Å²) in [5.74, 6) is -1.13. The van der Waals surface area contributed by atoms with Crippen LogP contribution in [0.2, 0.25) is 5.02 Å². The Kier molecular flexibility index (Phi) is 6.46. The van der Waals surface area contributed by atoms with Crippen molar-refractivity contribution >= 4 is 17.6 Å². The molecule has 0 aromatic heterocycles. The van der Waals surface area contributed by atoms with Gasteiger partial charge in [-0.3, -0.25) is 0 Å². The number of hydrogen-bond donors (Lipinski definition) is 0. The van der Waals surface area contributed by atoms with Gasteiger partial charge in [0.05, 0.1) is 17.2 Å². The van der Waals surface area contributed by atoms with Gasteiger partial charge < -0.3 is 14.2 Å². The van der Waals surface area contributed by atoms with Crippen molar-refractivity contribution in [1.29, 1.82) is 0 Å². The zero-order chi connectivity index (χ0) is 23.8. The van der Waals surface area contributed by atoms with Gasteiger partial charge in [0.15, 0.2) is 0 Å². The molecule has 3 aromatic carbocycles. The van der Waals surface area contributed by atoms with E-state index in [0.29, 0.717) is 50.6 Å². The van der Waals surface area contributed by atoms with Gasteiger partial charge >= 0.3 is 5.97 Å². The van der Waals surface area contributed by atoms with Gasteiger partial charge in [-0.1, -0.05) is 48.9 Å². The van der Waals surface area contributed by atoms with E-state index in [2.05, 4.69) is 0 Å². The predicted octanol–water partition coefficient (Wildman–Crippen LogP) is 7.12. The first kappa shape index (κ1) is 23.3. The quantitative estimate of drug-likeness (QED) is 0.374. The fourth-order valence-electron chi connectivity index (χ4n) is 4.09. The monoisotopic (exact) mass is 468 g/mol. The minimum absolute atomic E-state index is 0.277. The molecule has 0 spiro atoms. The molecule has 4 rings (SSSR count). The number of benzene rings is 3. The third-order valence-electron chi connectivity index (χ3n) is 5.61. The molecular weight excluding hydrogens is 443 g/mol. The molecule has 0 saturated carbocycles. The molecule has 172 valence electrons. The van der Waals surface area contributed by atoms with Crippen LogP contribution in [-0.4, -0.2) is 18.4 Å². The van der Waals surface area contributed by atoms with Gasteiger partial charge in [-0.2, -0.15) is 0 Å². The zero-order valence-electron chi connectivity index (χ0n) is 19.1. The second-order valence-corrected chi connectivity index (χ2v) is 8.75. The van der Waals surface area contributed by atoms with Crippen LogP contribution in [0.5, 0.6) is 5.75 Å². The number of carbonyl (C=O) groups excluding carboxylic acids is 1. The SMILES string of the molecule is CCOC(=O)c1ccccc1-c1cc(Cl)c2c(c1)OC(C)(C)OC2c1ccc(CC)c(F)c1. The smallest absolute Gasteiger partial charge is 0.338 e. The van der Waals surface area contributed by atoms with Gasteiger partial charge in [0.25, 0.3) is 0 Å². The van der Waals surface area contributed by atoms with E-state index >= 15 is 0 Å². The summed E-state index contributed by atoms with van der Waals surface area (Å²) >= 11 is 6.76. The van der Waals surface area contributed by atoms with Gasteiger partial charge in [0, 0.05) is 19.4 Å². The number of halogens is 2. The van der Waals surface area contributed by atoms with E-state index < -0.39 is 17.9 Å². The van der Waals surface area contributed by atoms with Crippen LogP contribution in [0.1, 0.15) is 60.8 Å². The van der Waals surface area contributed by atoms with Gasteiger partial charge in [0.2, 0.25) is 5.79 Å². The first-order valence-electron chi connectivity index (χ1n) is 11.0. The second kappa shape index (κ2) is 9.16. The molecule has 1 aliphatic rings. The van der Waals surface area contributed by atoms with E-state index in [1.54, 1.807) is 45.0 Å². The van der Waals surface area contributed by atoms with E-state index in [1.165, 1.54) is 6.07 Å². The Morgan fingerprint density at radius 1 is 1.12 bits per heavy atom. The fourth-order valence-corrected chi connectivity index (χ4v) is 4.40. The van der Waals surface area contributed by atoms with Crippen LogP contribution < -0.4 is 4.74 Å². The summed E-state index contributed by atoms with van der Waals surface area (Å²) in [5, 5.41) is 0.404. The first-order valence-corrected chi connectivity index (χ1v) is 11.4. The molecule has 1 unspecified atom stereocenters. The summed E-state index contributed by atoms with van der Waals surface area (Å²) in [4.78, 5) is 12.5. The van der Waals surface area contributed by atoms with Crippen LogP contribution >= 0.6 is 11.6 Å². The summed E-state index contributed by atoms with van der Waals surface area (Å²) < 4.78 is 32.1. The molecule has 1 heterocycles. The van der Waals surface area contributed by atoms with Gasteiger partial charge in [-0.25, -0.2) is 9.18 Å². The molecule has 3 aromatic rings. The lowest BCUT2D eigenvalue weighted by Crippen LogP contribution is -2.38. The Morgan fingerprint density at radius 2 is 1.88 bits per heavy atom. The van der Waals surface area contributed by atoms with Crippen molar-refractivity contribution < 1.29 is 23.4 Å². The fraction of sp³-hybridized carbons (Fsp3) is 0.296. The van der Waals surface area contributed by atoms with Gasteiger partial charge in [0.1, 0.15) is 17.7 Å². The van der Waals surface area contributed by atoms with Crippen LogP contribution in [0.4, 0.5) is 4.39 Å². The lowest BCUT2D eigenvalue weighted by molar-refractivity contribution is -0.196. The molecule has 1 atom stereocenters. The molecule has 0 aliphatic carbocycles.